The number of carbonyl (C=O) groups excluding carboxylic acids is 1. The Hall–Kier alpha value is -3.30. The molecule has 1 saturated heterocycles. The van der Waals surface area contributed by atoms with Crippen molar-refractivity contribution in [3.63, 3.8) is 0 Å². The SMILES string of the molecule is NCc1cc(-c2ccc(C(=O)N3CCN(S(=O)(=O)c4ccc5ccc(Cl)cc5c4)CC3)cc2)ccn1. The van der Waals surface area contributed by atoms with Crippen LogP contribution in [0.3, 0.4) is 0 Å². The lowest BCUT2D eigenvalue weighted by Crippen LogP contribution is -2.50. The third kappa shape index (κ3) is 4.85. The number of nitrogens with two attached hydrogens (primary N) is 1. The average molecular weight is 521 g/mol. The van der Waals surface area contributed by atoms with Crippen molar-refractivity contribution in [1.29, 1.82) is 0 Å². The normalized spacial score (nSPS) is 14.8. The van der Waals surface area contributed by atoms with Crippen molar-refractivity contribution in [2.24, 2.45) is 5.73 Å². The molecule has 1 aliphatic heterocycles. The number of hydrogen-bond acceptors (Lipinski definition) is 5. The third-order valence-electron chi connectivity index (χ3n) is 6.43. The Morgan fingerprint density at radius 2 is 1.58 bits per heavy atom. The molecule has 2 heterocycles. The second-order valence-electron chi connectivity index (χ2n) is 8.67. The van der Waals surface area contributed by atoms with Crippen LogP contribution in [0.4, 0.5) is 0 Å². The molecule has 1 amide bonds. The number of pyridine rings is 1. The molecule has 4 aromatic rings. The Morgan fingerprint density at radius 1 is 0.861 bits per heavy atom. The largest absolute Gasteiger partial charge is 0.336 e. The molecule has 2 N–H and O–H groups in total. The molecule has 1 aromatic heterocycles. The molecule has 0 radical (unpaired) electrons. The van der Waals surface area contributed by atoms with E-state index in [1.54, 1.807) is 53.6 Å². The Balaban J connectivity index is 1.26. The summed E-state index contributed by atoms with van der Waals surface area (Å²) in [6, 6.07) is 21.7. The van der Waals surface area contributed by atoms with Crippen molar-refractivity contribution in [2.45, 2.75) is 11.4 Å². The quantitative estimate of drug-likeness (QED) is 0.426. The van der Waals surface area contributed by atoms with Crippen molar-refractivity contribution < 1.29 is 13.2 Å². The summed E-state index contributed by atoms with van der Waals surface area (Å²) < 4.78 is 27.9. The molecule has 0 spiro atoms. The molecule has 0 atom stereocenters. The lowest BCUT2D eigenvalue weighted by atomic mass is 10.0. The van der Waals surface area contributed by atoms with Gasteiger partial charge in [0.1, 0.15) is 0 Å². The van der Waals surface area contributed by atoms with Crippen LogP contribution >= 0.6 is 11.6 Å². The van der Waals surface area contributed by atoms with E-state index in [1.165, 1.54) is 4.31 Å². The standard InChI is InChI=1S/C27H25ClN4O3S/c28-24-7-5-20-6-8-26(17-23(20)15-24)36(34,35)32-13-11-31(12-14-32)27(33)21-3-1-19(2-4-21)22-9-10-30-25(16-22)18-29/h1-10,15-17H,11-14,18,29H2. The summed E-state index contributed by atoms with van der Waals surface area (Å²) in [5.41, 5.74) is 9.00. The van der Waals surface area contributed by atoms with E-state index < -0.39 is 10.0 Å². The number of hydrogen-bond donors (Lipinski definition) is 1. The maximum Gasteiger partial charge on any atom is 0.253 e. The number of piperazine rings is 1. The van der Waals surface area contributed by atoms with Crippen LogP contribution < -0.4 is 5.73 Å². The fourth-order valence-electron chi connectivity index (χ4n) is 4.39. The maximum atomic E-state index is 13.3. The molecule has 0 bridgehead atoms. The number of carbonyl (C=O) groups is 1. The number of rotatable bonds is 5. The minimum Gasteiger partial charge on any atom is -0.336 e. The summed E-state index contributed by atoms with van der Waals surface area (Å²) in [6.07, 6.45) is 1.72. The van der Waals surface area contributed by atoms with Gasteiger partial charge in [-0.2, -0.15) is 4.31 Å². The highest BCUT2D eigenvalue weighted by Gasteiger charge is 2.30. The number of amides is 1. The number of aromatic nitrogens is 1. The fourth-order valence-corrected chi connectivity index (χ4v) is 6.03. The monoisotopic (exact) mass is 520 g/mol. The van der Waals surface area contributed by atoms with Crippen molar-refractivity contribution >= 4 is 38.3 Å². The van der Waals surface area contributed by atoms with Crippen LogP contribution in [0.25, 0.3) is 21.9 Å². The molecule has 3 aromatic carbocycles. The minimum absolute atomic E-state index is 0.115. The molecule has 1 fully saturated rings. The summed E-state index contributed by atoms with van der Waals surface area (Å²) in [5.74, 6) is -0.115. The van der Waals surface area contributed by atoms with Gasteiger partial charge >= 0.3 is 0 Å². The first kappa shape index (κ1) is 24.4. The molecule has 0 saturated carbocycles. The van der Waals surface area contributed by atoms with Gasteiger partial charge in [-0.1, -0.05) is 35.9 Å². The first-order valence-corrected chi connectivity index (χ1v) is 13.4. The summed E-state index contributed by atoms with van der Waals surface area (Å²) >= 11 is 6.08. The van der Waals surface area contributed by atoms with E-state index >= 15 is 0 Å². The first-order valence-electron chi connectivity index (χ1n) is 11.6. The first-order chi connectivity index (χ1) is 17.3. The Bertz CT molecular complexity index is 1530. The predicted molar refractivity (Wildman–Crippen MR) is 141 cm³/mol. The number of benzene rings is 3. The van der Waals surface area contributed by atoms with E-state index in [-0.39, 0.29) is 23.9 Å². The molecular weight excluding hydrogens is 496 g/mol. The molecule has 7 nitrogen and oxygen atoms in total. The highest BCUT2D eigenvalue weighted by Crippen LogP contribution is 2.26. The van der Waals surface area contributed by atoms with Gasteiger partial charge in [-0.3, -0.25) is 9.78 Å². The summed E-state index contributed by atoms with van der Waals surface area (Å²) in [6.45, 7) is 1.48. The molecule has 36 heavy (non-hydrogen) atoms. The van der Waals surface area contributed by atoms with Crippen LogP contribution in [0, 0.1) is 0 Å². The van der Waals surface area contributed by atoms with E-state index in [4.69, 9.17) is 17.3 Å². The Morgan fingerprint density at radius 3 is 2.31 bits per heavy atom. The van der Waals surface area contributed by atoms with Gasteiger partial charge in [-0.25, -0.2) is 8.42 Å². The smallest absolute Gasteiger partial charge is 0.253 e. The fraction of sp³-hybridized carbons (Fsp3) is 0.185. The van der Waals surface area contributed by atoms with E-state index in [0.29, 0.717) is 30.2 Å². The molecule has 184 valence electrons. The topological polar surface area (TPSA) is 96.6 Å². The van der Waals surface area contributed by atoms with Crippen LogP contribution in [-0.2, 0) is 16.6 Å². The summed E-state index contributed by atoms with van der Waals surface area (Å²) in [5, 5.41) is 2.24. The predicted octanol–water partition coefficient (Wildman–Crippen LogP) is 4.16. The lowest BCUT2D eigenvalue weighted by Gasteiger charge is -2.34. The van der Waals surface area contributed by atoms with Gasteiger partial charge in [0.25, 0.3) is 5.91 Å². The van der Waals surface area contributed by atoms with Gasteiger partial charge in [0.2, 0.25) is 10.0 Å². The average Bonchev–Trinajstić information content (AvgIpc) is 2.92. The Kier molecular flexibility index (Phi) is 6.77. The van der Waals surface area contributed by atoms with Crippen LogP contribution in [0.15, 0.2) is 83.9 Å². The molecule has 5 rings (SSSR count). The van der Waals surface area contributed by atoms with Crippen molar-refractivity contribution in [3.8, 4) is 11.1 Å². The Labute approximate surface area is 215 Å². The van der Waals surface area contributed by atoms with Gasteiger partial charge in [0, 0.05) is 49.5 Å². The second kappa shape index (κ2) is 9.99. The highest BCUT2D eigenvalue weighted by molar-refractivity contribution is 7.89. The van der Waals surface area contributed by atoms with Crippen LogP contribution in [0.1, 0.15) is 16.1 Å². The second-order valence-corrected chi connectivity index (χ2v) is 11.0. The number of nitrogens with zero attached hydrogens (tertiary/aromatic N) is 3. The van der Waals surface area contributed by atoms with E-state index in [9.17, 15) is 13.2 Å². The summed E-state index contributed by atoms with van der Waals surface area (Å²) in [4.78, 5) is 19.2. The van der Waals surface area contributed by atoms with E-state index in [1.807, 2.05) is 30.3 Å². The van der Waals surface area contributed by atoms with Crippen molar-refractivity contribution in [3.05, 3.63) is 95.3 Å². The van der Waals surface area contributed by atoms with Gasteiger partial charge in [0.05, 0.1) is 10.6 Å². The zero-order valence-electron chi connectivity index (χ0n) is 19.5. The van der Waals surface area contributed by atoms with Crippen LogP contribution in [0.2, 0.25) is 5.02 Å². The number of halogens is 1. The van der Waals surface area contributed by atoms with Gasteiger partial charge in [0.15, 0.2) is 0 Å². The minimum atomic E-state index is -3.68. The zero-order chi connectivity index (χ0) is 25.3. The maximum absolute atomic E-state index is 13.3. The van der Waals surface area contributed by atoms with E-state index in [0.717, 1.165) is 27.6 Å². The number of fused-ring (bicyclic) bond motifs is 1. The van der Waals surface area contributed by atoms with Crippen LogP contribution in [0.5, 0.6) is 0 Å². The van der Waals surface area contributed by atoms with Gasteiger partial charge in [-0.05, 0) is 70.4 Å². The van der Waals surface area contributed by atoms with Crippen LogP contribution in [-0.4, -0.2) is 54.7 Å². The lowest BCUT2D eigenvalue weighted by molar-refractivity contribution is 0.0698. The number of sulfonamides is 1. The van der Waals surface area contributed by atoms with Gasteiger partial charge < -0.3 is 10.6 Å². The molecule has 1 aliphatic rings. The van der Waals surface area contributed by atoms with Crippen molar-refractivity contribution in [2.75, 3.05) is 26.2 Å². The van der Waals surface area contributed by atoms with Gasteiger partial charge in [-0.15, -0.1) is 0 Å². The third-order valence-corrected chi connectivity index (χ3v) is 8.56. The van der Waals surface area contributed by atoms with Crippen molar-refractivity contribution in [1.82, 2.24) is 14.2 Å². The molecule has 0 aliphatic carbocycles. The molecular formula is C27H25ClN4O3S. The molecule has 9 heteroatoms. The highest BCUT2D eigenvalue weighted by atomic mass is 35.5. The van der Waals surface area contributed by atoms with E-state index in [2.05, 4.69) is 4.98 Å². The summed E-state index contributed by atoms with van der Waals surface area (Å²) in [7, 11) is -3.68. The zero-order valence-corrected chi connectivity index (χ0v) is 21.0. The molecule has 0 unspecified atom stereocenters.